The van der Waals surface area contributed by atoms with Crippen molar-refractivity contribution in [1.82, 2.24) is 9.80 Å². The predicted molar refractivity (Wildman–Crippen MR) is 110 cm³/mol. The molecular formula is C20H28ClN3O2S. The molecule has 2 heterocycles. The Balaban J connectivity index is 0.00000210. The van der Waals surface area contributed by atoms with Crippen LogP contribution in [0.2, 0.25) is 0 Å². The van der Waals surface area contributed by atoms with E-state index in [9.17, 15) is 9.59 Å². The number of hydrogen-bond acceptors (Lipinski definition) is 4. The van der Waals surface area contributed by atoms with Gasteiger partial charge in [0.15, 0.2) is 0 Å². The molecule has 0 spiro atoms. The van der Waals surface area contributed by atoms with Crippen LogP contribution in [0.5, 0.6) is 0 Å². The van der Waals surface area contributed by atoms with Gasteiger partial charge in [0.1, 0.15) is 0 Å². The standard InChI is InChI=1S/C20H27N3O2S.ClH/c21-17-8-7-14-11-23(12-16(14)17)20(25)15-5-1-2-6-18(15)26-13-19(24)22-9-3-4-10-22;/h1-2,5-6,14,16-17H,3-4,7-13,21H2;1H. The van der Waals surface area contributed by atoms with E-state index >= 15 is 0 Å². The van der Waals surface area contributed by atoms with Gasteiger partial charge in [-0.1, -0.05) is 12.1 Å². The Bertz CT molecular complexity index is 696. The summed E-state index contributed by atoms with van der Waals surface area (Å²) in [5, 5.41) is 0. The van der Waals surface area contributed by atoms with E-state index in [4.69, 9.17) is 5.73 Å². The monoisotopic (exact) mass is 409 g/mol. The second-order valence-corrected chi connectivity index (χ2v) is 8.77. The largest absolute Gasteiger partial charge is 0.342 e. The second-order valence-electron chi connectivity index (χ2n) is 7.75. The lowest BCUT2D eigenvalue weighted by molar-refractivity contribution is -0.127. The fourth-order valence-corrected chi connectivity index (χ4v) is 5.56. The number of carbonyl (C=O) groups is 2. The molecule has 2 aliphatic heterocycles. The Morgan fingerprint density at radius 1 is 1.07 bits per heavy atom. The predicted octanol–water partition coefficient (Wildman–Crippen LogP) is 2.63. The molecule has 4 rings (SSSR count). The van der Waals surface area contributed by atoms with Gasteiger partial charge >= 0.3 is 0 Å². The second kappa shape index (κ2) is 8.84. The summed E-state index contributed by atoms with van der Waals surface area (Å²) in [6.45, 7) is 3.34. The number of halogens is 1. The number of fused-ring (bicyclic) bond motifs is 1. The first-order valence-corrected chi connectivity index (χ1v) is 10.7. The Morgan fingerprint density at radius 3 is 2.56 bits per heavy atom. The summed E-state index contributed by atoms with van der Waals surface area (Å²) in [7, 11) is 0. The summed E-state index contributed by atoms with van der Waals surface area (Å²) in [5.74, 6) is 1.68. The first kappa shape index (κ1) is 20.5. The molecule has 2 N–H and O–H groups in total. The van der Waals surface area contributed by atoms with Gasteiger partial charge in [0.2, 0.25) is 5.91 Å². The van der Waals surface area contributed by atoms with Crippen molar-refractivity contribution in [1.29, 1.82) is 0 Å². The van der Waals surface area contributed by atoms with Crippen LogP contribution in [0.4, 0.5) is 0 Å². The molecule has 2 amide bonds. The van der Waals surface area contributed by atoms with E-state index in [1.165, 1.54) is 11.8 Å². The molecule has 27 heavy (non-hydrogen) atoms. The number of benzene rings is 1. The zero-order chi connectivity index (χ0) is 18.1. The number of nitrogens with zero attached hydrogens (tertiary/aromatic N) is 2. The summed E-state index contributed by atoms with van der Waals surface area (Å²) < 4.78 is 0. The maximum atomic E-state index is 13.1. The first-order chi connectivity index (χ1) is 12.6. The van der Waals surface area contributed by atoms with Crippen molar-refractivity contribution in [3.8, 4) is 0 Å². The van der Waals surface area contributed by atoms with E-state index < -0.39 is 0 Å². The van der Waals surface area contributed by atoms with Crippen LogP contribution >= 0.6 is 24.2 Å². The number of hydrogen-bond donors (Lipinski definition) is 1. The Kier molecular flexibility index (Phi) is 6.71. The molecule has 5 nitrogen and oxygen atoms in total. The van der Waals surface area contributed by atoms with Crippen molar-refractivity contribution in [2.45, 2.75) is 36.6 Å². The lowest BCUT2D eigenvalue weighted by Crippen LogP contribution is -2.33. The van der Waals surface area contributed by atoms with E-state index in [2.05, 4.69) is 0 Å². The van der Waals surface area contributed by atoms with Crippen molar-refractivity contribution in [3.63, 3.8) is 0 Å². The minimum Gasteiger partial charge on any atom is -0.342 e. The van der Waals surface area contributed by atoms with Gasteiger partial charge in [-0.15, -0.1) is 24.2 Å². The van der Waals surface area contributed by atoms with Gasteiger partial charge in [0.05, 0.1) is 11.3 Å². The van der Waals surface area contributed by atoms with E-state index in [0.717, 1.165) is 62.3 Å². The summed E-state index contributed by atoms with van der Waals surface area (Å²) in [6, 6.07) is 7.92. The third kappa shape index (κ3) is 4.28. The highest BCUT2D eigenvalue weighted by Gasteiger charge is 2.42. The zero-order valence-corrected chi connectivity index (χ0v) is 17.1. The quantitative estimate of drug-likeness (QED) is 0.776. The van der Waals surface area contributed by atoms with E-state index in [-0.39, 0.29) is 30.3 Å². The number of carbonyl (C=O) groups excluding carboxylic acids is 2. The smallest absolute Gasteiger partial charge is 0.255 e. The SMILES string of the molecule is Cl.NC1CCC2CN(C(=O)c3ccccc3SCC(=O)N3CCCC3)CC12. The highest BCUT2D eigenvalue weighted by Crippen LogP contribution is 2.38. The van der Waals surface area contributed by atoms with Crippen LogP contribution in [0.1, 0.15) is 36.0 Å². The molecule has 0 aromatic heterocycles. The van der Waals surface area contributed by atoms with Crippen LogP contribution < -0.4 is 5.73 Å². The molecule has 0 radical (unpaired) electrons. The summed E-state index contributed by atoms with van der Waals surface area (Å²) in [5.41, 5.74) is 6.93. The number of nitrogens with two attached hydrogens (primary N) is 1. The molecule has 0 bridgehead atoms. The Morgan fingerprint density at radius 2 is 1.81 bits per heavy atom. The number of likely N-dealkylation sites (tertiary alicyclic amines) is 2. The lowest BCUT2D eigenvalue weighted by atomic mass is 9.98. The average molecular weight is 410 g/mol. The maximum absolute atomic E-state index is 13.1. The molecule has 7 heteroatoms. The van der Waals surface area contributed by atoms with Crippen molar-refractivity contribution < 1.29 is 9.59 Å². The van der Waals surface area contributed by atoms with Crippen molar-refractivity contribution in [3.05, 3.63) is 29.8 Å². The van der Waals surface area contributed by atoms with E-state index in [1.807, 2.05) is 34.1 Å². The molecule has 1 aromatic carbocycles. The Hall–Kier alpha value is -1.24. The minimum absolute atomic E-state index is 0. The third-order valence-electron chi connectivity index (χ3n) is 6.13. The number of rotatable bonds is 4. The molecule has 2 saturated heterocycles. The van der Waals surface area contributed by atoms with E-state index in [0.29, 0.717) is 17.6 Å². The minimum atomic E-state index is 0. The van der Waals surface area contributed by atoms with E-state index in [1.54, 1.807) is 0 Å². The number of thioether (sulfide) groups is 1. The van der Waals surface area contributed by atoms with Crippen LogP contribution in [0, 0.1) is 11.8 Å². The number of amides is 2. The van der Waals surface area contributed by atoms with Crippen LogP contribution in [-0.2, 0) is 4.79 Å². The van der Waals surface area contributed by atoms with Crippen LogP contribution in [0.25, 0.3) is 0 Å². The summed E-state index contributed by atoms with van der Waals surface area (Å²) >= 11 is 1.49. The normalized spacial score (nSPS) is 26.8. The van der Waals surface area contributed by atoms with Crippen LogP contribution in [-0.4, -0.2) is 59.6 Å². The molecular weight excluding hydrogens is 382 g/mol. The maximum Gasteiger partial charge on any atom is 0.255 e. The molecule has 1 aliphatic carbocycles. The van der Waals surface area contributed by atoms with Gasteiger partial charge < -0.3 is 15.5 Å². The summed E-state index contributed by atoms with van der Waals surface area (Å²) in [6.07, 6.45) is 4.43. The highest BCUT2D eigenvalue weighted by molar-refractivity contribution is 8.00. The van der Waals surface area contributed by atoms with Crippen molar-refractivity contribution in [2.24, 2.45) is 17.6 Å². The molecule has 3 atom stereocenters. The highest BCUT2D eigenvalue weighted by atomic mass is 35.5. The van der Waals surface area contributed by atoms with Gasteiger partial charge in [-0.2, -0.15) is 0 Å². The molecule has 3 fully saturated rings. The Labute approximate surface area is 171 Å². The topological polar surface area (TPSA) is 66.6 Å². The third-order valence-corrected chi connectivity index (χ3v) is 7.19. The van der Waals surface area contributed by atoms with Crippen LogP contribution in [0.15, 0.2) is 29.2 Å². The van der Waals surface area contributed by atoms with Gasteiger partial charge in [-0.3, -0.25) is 9.59 Å². The average Bonchev–Trinajstić information content (AvgIpc) is 3.38. The lowest BCUT2D eigenvalue weighted by Gasteiger charge is -2.20. The van der Waals surface area contributed by atoms with Crippen molar-refractivity contribution >= 4 is 36.0 Å². The van der Waals surface area contributed by atoms with Crippen molar-refractivity contribution in [2.75, 3.05) is 31.9 Å². The van der Waals surface area contributed by atoms with Gasteiger partial charge in [0, 0.05) is 37.1 Å². The van der Waals surface area contributed by atoms with Gasteiger partial charge in [-0.05, 0) is 49.7 Å². The fraction of sp³-hybridized carbons (Fsp3) is 0.600. The van der Waals surface area contributed by atoms with Gasteiger partial charge in [0.25, 0.3) is 5.91 Å². The first-order valence-electron chi connectivity index (χ1n) is 9.68. The van der Waals surface area contributed by atoms with Gasteiger partial charge in [-0.25, -0.2) is 0 Å². The summed E-state index contributed by atoms with van der Waals surface area (Å²) in [4.78, 5) is 30.2. The molecule has 1 aromatic rings. The zero-order valence-electron chi connectivity index (χ0n) is 15.5. The molecule has 3 aliphatic rings. The fourth-order valence-electron chi connectivity index (χ4n) is 4.61. The molecule has 3 unspecified atom stereocenters. The molecule has 1 saturated carbocycles. The van der Waals surface area contributed by atoms with Crippen LogP contribution in [0.3, 0.4) is 0 Å². The molecule has 148 valence electrons.